The second kappa shape index (κ2) is 7.53. The summed E-state index contributed by atoms with van der Waals surface area (Å²) in [6.45, 7) is 3.67. The summed E-state index contributed by atoms with van der Waals surface area (Å²) in [5, 5.41) is 9.93. The van der Waals surface area contributed by atoms with Crippen LogP contribution in [0.15, 0.2) is 21.5 Å². The van der Waals surface area contributed by atoms with Gasteiger partial charge in [-0.3, -0.25) is 0 Å². The quantitative estimate of drug-likeness (QED) is 0.630. The van der Waals surface area contributed by atoms with Crippen molar-refractivity contribution in [2.24, 2.45) is 5.92 Å². The van der Waals surface area contributed by atoms with Crippen molar-refractivity contribution in [3.63, 3.8) is 0 Å². The van der Waals surface area contributed by atoms with Gasteiger partial charge in [0.1, 0.15) is 10.7 Å². The standard InChI is InChI=1S/C13H20BrFN2O3S/c1-3-8(4-2)12(18)7-17-21(19,20)13-6-11(16)9(14)5-10(13)15/h5-6,8,12,17-18H,3-4,7,16H2,1-2H3. The van der Waals surface area contributed by atoms with E-state index in [-0.39, 0.29) is 22.6 Å². The zero-order valence-corrected chi connectivity index (χ0v) is 14.3. The van der Waals surface area contributed by atoms with Crippen LogP contribution in [0.1, 0.15) is 26.7 Å². The van der Waals surface area contributed by atoms with E-state index in [1.54, 1.807) is 0 Å². The second-order valence-corrected chi connectivity index (χ2v) is 7.39. The zero-order valence-electron chi connectivity index (χ0n) is 11.9. The highest BCUT2D eigenvalue weighted by molar-refractivity contribution is 9.10. The molecular formula is C13H20BrFN2O3S. The smallest absolute Gasteiger partial charge is 0.243 e. The van der Waals surface area contributed by atoms with Crippen molar-refractivity contribution < 1.29 is 17.9 Å². The Bertz CT molecular complexity index is 591. The molecule has 1 aromatic carbocycles. The van der Waals surface area contributed by atoms with Gasteiger partial charge < -0.3 is 10.8 Å². The summed E-state index contributed by atoms with van der Waals surface area (Å²) in [6.07, 6.45) is 0.656. The summed E-state index contributed by atoms with van der Waals surface area (Å²) in [7, 11) is -4.06. The van der Waals surface area contributed by atoms with Crippen LogP contribution >= 0.6 is 15.9 Å². The molecule has 0 spiro atoms. The average molecular weight is 383 g/mol. The van der Waals surface area contributed by atoms with Gasteiger partial charge in [-0.25, -0.2) is 17.5 Å². The number of hydrogen-bond acceptors (Lipinski definition) is 4. The molecule has 0 amide bonds. The number of nitrogens with one attached hydrogen (secondary N) is 1. The van der Waals surface area contributed by atoms with Gasteiger partial charge in [-0.15, -0.1) is 0 Å². The van der Waals surface area contributed by atoms with Crippen molar-refractivity contribution in [1.82, 2.24) is 4.72 Å². The number of nitrogen functional groups attached to an aromatic ring is 1. The average Bonchev–Trinajstić information content (AvgIpc) is 2.42. The van der Waals surface area contributed by atoms with Crippen molar-refractivity contribution in [3.05, 3.63) is 22.4 Å². The van der Waals surface area contributed by atoms with Crippen molar-refractivity contribution >= 4 is 31.6 Å². The predicted molar refractivity (Wildman–Crippen MR) is 83.8 cm³/mol. The lowest BCUT2D eigenvalue weighted by Gasteiger charge is -2.20. The lowest BCUT2D eigenvalue weighted by atomic mass is 9.97. The molecule has 1 rings (SSSR count). The lowest BCUT2D eigenvalue weighted by molar-refractivity contribution is 0.107. The fraction of sp³-hybridized carbons (Fsp3) is 0.538. The highest BCUT2D eigenvalue weighted by Gasteiger charge is 2.23. The summed E-state index contributed by atoms with van der Waals surface area (Å²) in [4.78, 5) is -0.528. The van der Waals surface area contributed by atoms with E-state index in [4.69, 9.17) is 5.73 Å². The van der Waals surface area contributed by atoms with Gasteiger partial charge >= 0.3 is 0 Å². The van der Waals surface area contributed by atoms with Gasteiger partial charge in [0.2, 0.25) is 10.0 Å². The Morgan fingerprint density at radius 2 is 1.95 bits per heavy atom. The third kappa shape index (κ3) is 4.64. The monoisotopic (exact) mass is 382 g/mol. The van der Waals surface area contributed by atoms with Gasteiger partial charge in [0, 0.05) is 16.7 Å². The van der Waals surface area contributed by atoms with Gasteiger partial charge in [-0.05, 0) is 34.0 Å². The first-order chi connectivity index (χ1) is 9.72. The molecular weight excluding hydrogens is 363 g/mol. The molecule has 0 saturated heterocycles. The van der Waals surface area contributed by atoms with Crippen molar-refractivity contribution in [3.8, 4) is 0 Å². The van der Waals surface area contributed by atoms with Crippen LogP contribution in [0.5, 0.6) is 0 Å². The number of nitrogens with two attached hydrogens (primary N) is 1. The number of benzene rings is 1. The number of sulfonamides is 1. The Morgan fingerprint density at radius 3 is 2.48 bits per heavy atom. The fourth-order valence-corrected chi connectivity index (χ4v) is 3.48. The minimum Gasteiger partial charge on any atom is -0.398 e. The molecule has 0 aromatic heterocycles. The van der Waals surface area contributed by atoms with Crippen LogP contribution in [-0.2, 0) is 10.0 Å². The van der Waals surface area contributed by atoms with Crippen molar-refractivity contribution in [1.29, 1.82) is 0 Å². The van der Waals surface area contributed by atoms with E-state index in [2.05, 4.69) is 20.7 Å². The first-order valence-electron chi connectivity index (χ1n) is 6.65. The Balaban J connectivity index is 2.90. The van der Waals surface area contributed by atoms with E-state index in [0.29, 0.717) is 0 Å². The van der Waals surface area contributed by atoms with Crippen LogP contribution in [0.4, 0.5) is 10.1 Å². The molecule has 0 aliphatic heterocycles. The number of aliphatic hydroxyl groups is 1. The summed E-state index contributed by atoms with van der Waals surface area (Å²) >= 11 is 3.03. The number of anilines is 1. The van der Waals surface area contributed by atoms with Crippen LogP contribution in [0.3, 0.4) is 0 Å². The predicted octanol–water partition coefficient (Wildman–Crippen LogP) is 2.25. The van der Waals surface area contributed by atoms with E-state index in [1.165, 1.54) is 0 Å². The number of aliphatic hydroxyl groups excluding tert-OH is 1. The molecule has 0 aliphatic carbocycles. The Morgan fingerprint density at radius 1 is 1.38 bits per heavy atom. The van der Waals surface area contributed by atoms with Gasteiger partial charge in [0.15, 0.2) is 0 Å². The van der Waals surface area contributed by atoms with Crippen molar-refractivity contribution in [2.45, 2.75) is 37.7 Å². The third-order valence-corrected chi connectivity index (χ3v) is 5.54. The van der Waals surface area contributed by atoms with Crippen LogP contribution < -0.4 is 10.5 Å². The molecule has 8 heteroatoms. The molecule has 21 heavy (non-hydrogen) atoms. The Kier molecular flexibility index (Phi) is 6.58. The van der Waals surface area contributed by atoms with E-state index in [1.807, 2.05) is 13.8 Å². The van der Waals surface area contributed by atoms with E-state index >= 15 is 0 Å². The second-order valence-electron chi connectivity index (χ2n) is 4.80. The molecule has 0 saturated carbocycles. The van der Waals surface area contributed by atoms with Gasteiger partial charge in [0.05, 0.1) is 6.10 Å². The van der Waals surface area contributed by atoms with E-state index in [0.717, 1.165) is 25.0 Å². The van der Waals surface area contributed by atoms with Gasteiger partial charge in [-0.2, -0.15) is 0 Å². The number of rotatable bonds is 7. The minimum atomic E-state index is -4.06. The highest BCUT2D eigenvalue weighted by Crippen LogP contribution is 2.26. The maximum atomic E-state index is 13.8. The van der Waals surface area contributed by atoms with Crippen LogP contribution in [0, 0.1) is 11.7 Å². The molecule has 1 atom stereocenters. The highest BCUT2D eigenvalue weighted by atomic mass is 79.9. The molecule has 5 nitrogen and oxygen atoms in total. The maximum absolute atomic E-state index is 13.8. The largest absolute Gasteiger partial charge is 0.398 e. The van der Waals surface area contributed by atoms with E-state index < -0.39 is 26.8 Å². The molecule has 0 heterocycles. The molecule has 0 bridgehead atoms. The molecule has 0 radical (unpaired) electrons. The summed E-state index contributed by atoms with van der Waals surface area (Å²) in [5.74, 6) is -0.909. The topological polar surface area (TPSA) is 92.4 Å². The summed E-state index contributed by atoms with van der Waals surface area (Å²) in [5.41, 5.74) is 5.70. The molecule has 4 N–H and O–H groups in total. The molecule has 1 aromatic rings. The third-order valence-electron chi connectivity index (χ3n) is 3.42. The minimum absolute atomic E-state index is 0.00691. The first kappa shape index (κ1) is 18.3. The molecule has 0 fully saturated rings. The lowest BCUT2D eigenvalue weighted by Crippen LogP contribution is -2.36. The number of halogens is 2. The van der Waals surface area contributed by atoms with Crippen LogP contribution in [0.25, 0.3) is 0 Å². The maximum Gasteiger partial charge on any atom is 0.243 e. The SMILES string of the molecule is CCC(CC)C(O)CNS(=O)(=O)c1cc(N)c(Br)cc1F. The molecule has 1 unspecified atom stereocenters. The Labute approximate surface area is 132 Å². The van der Waals surface area contributed by atoms with Crippen LogP contribution in [0.2, 0.25) is 0 Å². The van der Waals surface area contributed by atoms with Gasteiger partial charge in [-0.1, -0.05) is 26.7 Å². The normalized spacial score (nSPS) is 13.6. The summed E-state index contributed by atoms with van der Waals surface area (Å²) in [6, 6.07) is 2.05. The van der Waals surface area contributed by atoms with E-state index in [9.17, 15) is 17.9 Å². The summed E-state index contributed by atoms with van der Waals surface area (Å²) < 4.78 is 40.5. The number of hydrogen-bond donors (Lipinski definition) is 3. The Hall–Kier alpha value is -0.700. The fourth-order valence-electron chi connectivity index (χ4n) is 2.02. The van der Waals surface area contributed by atoms with Crippen LogP contribution in [-0.4, -0.2) is 26.2 Å². The van der Waals surface area contributed by atoms with Crippen molar-refractivity contribution in [2.75, 3.05) is 12.3 Å². The molecule has 0 aliphatic rings. The first-order valence-corrected chi connectivity index (χ1v) is 8.92. The van der Waals surface area contributed by atoms with Gasteiger partial charge in [0.25, 0.3) is 0 Å². The molecule has 120 valence electrons. The zero-order chi connectivity index (χ0) is 16.2.